The first-order valence-electron chi connectivity index (χ1n) is 11.9. The number of fused-ring (bicyclic) bond motifs is 2. The molecule has 170 valence electrons. The molecule has 1 aromatic carbocycles. The molecular formula is C25H36N2O4. The zero-order valence-electron chi connectivity index (χ0n) is 18.7. The fraction of sp³-hybridized carbons (Fsp3) is 0.680. The Bertz CT molecular complexity index is 767. The summed E-state index contributed by atoms with van der Waals surface area (Å²) in [5.74, 6) is 2.10. The van der Waals surface area contributed by atoms with E-state index < -0.39 is 5.97 Å². The van der Waals surface area contributed by atoms with Crippen molar-refractivity contribution in [2.75, 3.05) is 0 Å². The smallest absolute Gasteiger partial charge is 0.335 e. The number of carbonyl (C=O) groups is 2. The van der Waals surface area contributed by atoms with Gasteiger partial charge in [0.2, 0.25) is 0 Å². The molecule has 1 aromatic rings. The quantitative estimate of drug-likeness (QED) is 0.617. The predicted molar refractivity (Wildman–Crippen MR) is 119 cm³/mol. The molecule has 3 N–H and O–H groups in total. The van der Waals surface area contributed by atoms with E-state index in [1.54, 1.807) is 24.3 Å². The lowest BCUT2D eigenvalue weighted by Crippen LogP contribution is -2.56. The molecule has 0 saturated heterocycles. The van der Waals surface area contributed by atoms with E-state index in [-0.39, 0.29) is 29.3 Å². The lowest BCUT2D eigenvalue weighted by molar-refractivity contribution is 0.0696. The van der Waals surface area contributed by atoms with Gasteiger partial charge in [0.1, 0.15) is 5.75 Å². The summed E-state index contributed by atoms with van der Waals surface area (Å²) >= 11 is 0. The van der Waals surface area contributed by atoms with Crippen molar-refractivity contribution in [2.45, 2.75) is 89.3 Å². The highest BCUT2D eigenvalue weighted by molar-refractivity contribution is 5.87. The molecule has 6 nitrogen and oxygen atoms in total. The maximum atomic E-state index is 12.7. The maximum absolute atomic E-state index is 12.7. The molecule has 2 atom stereocenters. The summed E-state index contributed by atoms with van der Waals surface area (Å²) in [6, 6.07) is 6.71. The average Bonchev–Trinajstić information content (AvgIpc) is 2.68. The van der Waals surface area contributed by atoms with Gasteiger partial charge in [-0.15, -0.1) is 0 Å². The second kappa shape index (κ2) is 9.09. The van der Waals surface area contributed by atoms with E-state index in [9.17, 15) is 9.59 Å². The van der Waals surface area contributed by atoms with Crippen LogP contribution in [0.25, 0.3) is 0 Å². The van der Waals surface area contributed by atoms with Crippen molar-refractivity contribution in [1.82, 2.24) is 10.6 Å². The summed E-state index contributed by atoms with van der Waals surface area (Å²) in [7, 11) is 0. The Hall–Kier alpha value is -2.24. The summed E-state index contributed by atoms with van der Waals surface area (Å²) in [5.41, 5.74) is 0.177. The van der Waals surface area contributed by atoms with E-state index in [0.717, 1.165) is 56.3 Å². The van der Waals surface area contributed by atoms with Crippen LogP contribution in [0.4, 0.5) is 4.79 Å². The van der Waals surface area contributed by atoms with Gasteiger partial charge in [-0.2, -0.15) is 0 Å². The Morgan fingerprint density at radius 2 is 1.61 bits per heavy atom. The van der Waals surface area contributed by atoms with Gasteiger partial charge in [-0.1, -0.05) is 6.92 Å². The van der Waals surface area contributed by atoms with Crippen LogP contribution in [0.1, 0.15) is 82.0 Å². The first-order valence-corrected chi connectivity index (χ1v) is 11.9. The molecule has 3 fully saturated rings. The summed E-state index contributed by atoms with van der Waals surface area (Å²) < 4.78 is 6.01. The van der Waals surface area contributed by atoms with Gasteiger partial charge in [-0.05, 0) is 107 Å². The standard InChI is InChI=1S/C25H36N2O4/c1-16-11-17-13-18(12-16)15-25(2,14-17)27-24(30)26-20-5-9-22(10-6-20)31-21-7-3-19(4-8-21)23(28)29/h3-4,7-8,16-18,20,22H,5-6,9-15H2,1-2H3,(H,28,29)(H2,26,27,30). The van der Waals surface area contributed by atoms with E-state index in [4.69, 9.17) is 9.84 Å². The zero-order chi connectivity index (χ0) is 22.0. The number of aromatic carboxylic acids is 1. The van der Waals surface area contributed by atoms with Crippen LogP contribution in [0.3, 0.4) is 0 Å². The number of carboxylic acids is 1. The third-order valence-corrected chi connectivity index (χ3v) is 7.45. The highest BCUT2D eigenvalue weighted by atomic mass is 16.5. The molecule has 3 aliphatic rings. The van der Waals surface area contributed by atoms with E-state index >= 15 is 0 Å². The third-order valence-electron chi connectivity index (χ3n) is 7.45. The molecule has 0 radical (unpaired) electrons. The zero-order valence-corrected chi connectivity index (χ0v) is 18.7. The minimum absolute atomic E-state index is 0.0239. The topological polar surface area (TPSA) is 87.7 Å². The molecule has 0 heterocycles. The number of benzene rings is 1. The van der Waals surface area contributed by atoms with Gasteiger partial charge in [0.25, 0.3) is 0 Å². The first-order chi connectivity index (χ1) is 14.8. The molecule has 0 aromatic heterocycles. The van der Waals surface area contributed by atoms with Crippen LogP contribution < -0.4 is 15.4 Å². The lowest BCUT2D eigenvalue weighted by atomic mass is 9.63. The maximum Gasteiger partial charge on any atom is 0.335 e. The number of ether oxygens (including phenoxy) is 1. The van der Waals surface area contributed by atoms with Crippen molar-refractivity contribution in [3.8, 4) is 5.75 Å². The number of hydrogen-bond donors (Lipinski definition) is 3. The van der Waals surface area contributed by atoms with Gasteiger partial charge in [0.15, 0.2) is 0 Å². The van der Waals surface area contributed by atoms with Gasteiger partial charge in [0, 0.05) is 11.6 Å². The van der Waals surface area contributed by atoms with Crippen LogP contribution >= 0.6 is 0 Å². The van der Waals surface area contributed by atoms with Crippen molar-refractivity contribution in [3.05, 3.63) is 29.8 Å². The number of carbonyl (C=O) groups excluding carboxylic acids is 1. The summed E-state index contributed by atoms with van der Waals surface area (Å²) in [6.45, 7) is 4.59. The molecular weight excluding hydrogens is 392 g/mol. The second-order valence-corrected chi connectivity index (χ2v) is 10.5. The number of rotatable bonds is 5. The van der Waals surface area contributed by atoms with E-state index in [1.807, 2.05) is 0 Å². The fourth-order valence-corrected chi connectivity index (χ4v) is 6.38. The molecule has 2 bridgehead atoms. The molecule has 3 aliphatic carbocycles. The van der Waals surface area contributed by atoms with Crippen LogP contribution in [-0.2, 0) is 0 Å². The normalized spacial score (nSPS) is 35.1. The number of amides is 2. The lowest BCUT2D eigenvalue weighted by Gasteiger charge is -2.47. The fourth-order valence-electron chi connectivity index (χ4n) is 6.38. The molecule has 2 amide bonds. The van der Waals surface area contributed by atoms with Gasteiger partial charge in [-0.25, -0.2) is 9.59 Å². The van der Waals surface area contributed by atoms with Gasteiger partial charge < -0.3 is 20.5 Å². The number of urea groups is 1. The van der Waals surface area contributed by atoms with Crippen molar-refractivity contribution >= 4 is 12.0 Å². The van der Waals surface area contributed by atoms with Gasteiger partial charge in [-0.3, -0.25) is 0 Å². The minimum atomic E-state index is -0.934. The summed E-state index contributed by atoms with van der Waals surface area (Å²) in [4.78, 5) is 23.7. The van der Waals surface area contributed by atoms with Crippen molar-refractivity contribution in [2.24, 2.45) is 17.8 Å². The Morgan fingerprint density at radius 1 is 1.00 bits per heavy atom. The summed E-state index contributed by atoms with van der Waals surface area (Å²) in [6.07, 6.45) is 9.80. The molecule has 0 spiro atoms. The SMILES string of the molecule is CC1CC2CC(C1)CC(C)(NC(=O)NC1CCC(Oc3ccc(C(=O)O)cc3)CC1)C2. The first kappa shape index (κ1) is 22.0. The second-order valence-electron chi connectivity index (χ2n) is 10.5. The van der Waals surface area contributed by atoms with Crippen LogP contribution in [0.15, 0.2) is 24.3 Å². The van der Waals surface area contributed by atoms with Crippen LogP contribution in [0.2, 0.25) is 0 Å². The van der Waals surface area contributed by atoms with Crippen LogP contribution in [-0.4, -0.2) is 34.8 Å². The average molecular weight is 429 g/mol. The Balaban J connectivity index is 1.21. The number of hydrogen-bond acceptors (Lipinski definition) is 3. The highest BCUT2D eigenvalue weighted by Crippen LogP contribution is 2.46. The number of carboxylic acid groups (broad SMARTS) is 1. The molecule has 6 heteroatoms. The van der Waals surface area contributed by atoms with Gasteiger partial charge >= 0.3 is 12.0 Å². The van der Waals surface area contributed by atoms with Crippen LogP contribution in [0, 0.1) is 17.8 Å². The predicted octanol–water partition coefficient (Wildman–Crippen LogP) is 4.98. The largest absolute Gasteiger partial charge is 0.490 e. The highest BCUT2D eigenvalue weighted by Gasteiger charge is 2.41. The van der Waals surface area contributed by atoms with E-state index in [0.29, 0.717) is 5.75 Å². The monoisotopic (exact) mass is 428 g/mol. The molecule has 4 rings (SSSR count). The third kappa shape index (κ3) is 5.72. The van der Waals surface area contributed by atoms with Crippen LogP contribution in [0.5, 0.6) is 5.75 Å². The van der Waals surface area contributed by atoms with Gasteiger partial charge in [0.05, 0.1) is 11.7 Å². The van der Waals surface area contributed by atoms with Crippen molar-refractivity contribution in [3.63, 3.8) is 0 Å². The van der Waals surface area contributed by atoms with Crippen molar-refractivity contribution in [1.29, 1.82) is 0 Å². The van der Waals surface area contributed by atoms with Crippen molar-refractivity contribution < 1.29 is 19.4 Å². The Labute approximate surface area is 185 Å². The Kier molecular flexibility index (Phi) is 6.44. The molecule has 0 aliphatic heterocycles. The molecule has 2 unspecified atom stereocenters. The van der Waals surface area contributed by atoms with E-state index in [1.165, 1.54) is 19.3 Å². The minimum Gasteiger partial charge on any atom is -0.490 e. The molecule has 31 heavy (non-hydrogen) atoms. The Morgan fingerprint density at radius 3 is 2.19 bits per heavy atom. The number of nitrogens with one attached hydrogen (secondary N) is 2. The van der Waals surface area contributed by atoms with E-state index in [2.05, 4.69) is 24.5 Å². The molecule has 3 saturated carbocycles. The summed E-state index contributed by atoms with van der Waals surface area (Å²) in [5, 5.41) is 15.5.